The van der Waals surface area contributed by atoms with Crippen LogP contribution in [0.5, 0.6) is 5.75 Å². The lowest BCUT2D eigenvalue weighted by Gasteiger charge is -2.41. The minimum atomic E-state index is -1.06. The summed E-state index contributed by atoms with van der Waals surface area (Å²) in [4.78, 5) is 16.2. The Balaban J connectivity index is 1.70. The van der Waals surface area contributed by atoms with Crippen molar-refractivity contribution < 1.29 is 14.6 Å². The minimum Gasteiger partial charge on any atom is -0.490 e. The van der Waals surface area contributed by atoms with Gasteiger partial charge < -0.3 is 14.7 Å². The average Bonchev–Trinajstić information content (AvgIpc) is 2.81. The van der Waals surface area contributed by atoms with E-state index >= 15 is 0 Å². The molecular weight excluding hydrogens is 340 g/mol. The number of ether oxygens (including phenoxy) is 1. The van der Waals surface area contributed by atoms with Crippen molar-refractivity contribution in [2.75, 3.05) is 32.8 Å². The summed E-state index contributed by atoms with van der Waals surface area (Å²) < 4.78 is 5.89. The fourth-order valence-electron chi connectivity index (χ4n) is 4.35. The summed E-state index contributed by atoms with van der Waals surface area (Å²) in [6.07, 6.45) is 4.73. The van der Waals surface area contributed by atoms with E-state index < -0.39 is 5.60 Å². The molecule has 5 heteroatoms. The fourth-order valence-corrected chi connectivity index (χ4v) is 4.35. The van der Waals surface area contributed by atoms with Crippen LogP contribution in [-0.2, 0) is 4.79 Å². The van der Waals surface area contributed by atoms with E-state index in [2.05, 4.69) is 18.7 Å². The first kappa shape index (κ1) is 20.2. The Labute approximate surface area is 163 Å². The van der Waals surface area contributed by atoms with Gasteiger partial charge in [-0.1, -0.05) is 32.0 Å². The number of hydrogen-bond acceptors (Lipinski definition) is 4. The Morgan fingerprint density at radius 1 is 1.15 bits per heavy atom. The number of carbonyl (C=O) groups excluding carboxylic acids is 1. The van der Waals surface area contributed by atoms with Crippen LogP contribution in [0.15, 0.2) is 30.3 Å². The van der Waals surface area contributed by atoms with Crippen molar-refractivity contribution in [2.24, 2.45) is 5.41 Å². The van der Waals surface area contributed by atoms with Gasteiger partial charge in [-0.25, -0.2) is 0 Å². The van der Waals surface area contributed by atoms with E-state index in [1.165, 1.54) is 12.8 Å². The number of amides is 1. The first-order chi connectivity index (χ1) is 12.8. The molecule has 0 radical (unpaired) electrons. The topological polar surface area (TPSA) is 53.0 Å². The van der Waals surface area contributed by atoms with E-state index in [9.17, 15) is 9.90 Å². The van der Waals surface area contributed by atoms with Crippen LogP contribution in [0, 0.1) is 5.41 Å². The van der Waals surface area contributed by atoms with Crippen LogP contribution in [0.25, 0.3) is 0 Å². The Hall–Kier alpha value is -1.59. The number of hydrogen-bond donors (Lipinski definition) is 1. The zero-order chi connectivity index (χ0) is 19.5. The molecule has 1 aromatic rings. The maximum atomic E-state index is 12.0. The normalized spacial score (nSPS) is 27.2. The van der Waals surface area contributed by atoms with Gasteiger partial charge in [0.25, 0.3) is 0 Å². The number of carbonyl (C=O) groups is 1. The van der Waals surface area contributed by atoms with Crippen molar-refractivity contribution in [1.82, 2.24) is 9.80 Å². The summed E-state index contributed by atoms with van der Waals surface area (Å²) in [7, 11) is 0. The molecule has 1 aliphatic heterocycles. The van der Waals surface area contributed by atoms with Gasteiger partial charge in [-0.05, 0) is 43.2 Å². The molecule has 2 aliphatic rings. The highest BCUT2D eigenvalue weighted by Crippen LogP contribution is 2.37. The molecule has 0 unspecified atom stereocenters. The molecule has 1 heterocycles. The number of benzene rings is 1. The molecule has 0 bridgehead atoms. The third kappa shape index (κ3) is 5.45. The van der Waals surface area contributed by atoms with Crippen LogP contribution in [-0.4, -0.2) is 65.2 Å². The average molecular weight is 375 g/mol. The number of nitrogens with zero attached hydrogens (tertiary/aromatic N) is 2. The number of β-amino-alcohol motifs (C(OH)–C–C–N with tert-alkyl or cyclic N) is 1. The Morgan fingerprint density at radius 2 is 1.81 bits per heavy atom. The molecule has 1 aromatic carbocycles. The van der Waals surface area contributed by atoms with Crippen LogP contribution < -0.4 is 4.74 Å². The van der Waals surface area contributed by atoms with E-state index in [4.69, 9.17) is 4.74 Å². The van der Waals surface area contributed by atoms with Crippen LogP contribution >= 0.6 is 0 Å². The zero-order valence-electron chi connectivity index (χ0n) is 17.0. The molecule has 1 saturated carbocycles. The first-order valence-electron chi connectivity index (χ1n) is 10.2. The van der Waals surface area contributed by atoms with Gasteiger partial charge in [0.2, 0.25) is 5.91 Å². The van der Waals surface area contributed by atoms with E-state index in [1.54, 1.807) is 11.8 Å². The molecule has 27 heavy (non-hydrogen) atoms. The Morgan fingerprint density at radius 3 is 2.44 bits per heavy atom. The maximum absolute atomic E-state index is 12.0. The molecule has 150 valence electrons. The molecule has 5 nitrogen and oxygen atoms in total. The van der Waals surface area contributed by atoms with Crippen LogP contribution in [0.1, 0.15) is 46.5 Å². The highest BCUT2D eigenvalue weighted by atomic mass is 16.5. The fraction of sp³-hybridized carbons (Fsp3) is 0.682. The monoisotopic (exact) mass is 374 g/mol. The molecule has 1 saturated heterocycles. The van der Waals surface area contributed by atoms with Gasteiger partial charge in [0.05, 0.1) is 6.54 Å². The van der Waals surface area contributed by atoms with Gasteiger partial charge in [-0.15, -0.1) is 0 Å². The second kappa shape index (κ2) is 8.19. The van der Waals surface area contributed by atoms with Crippen molar-refractivity contribution in [3.05, 3.63) is 30.3 Å². The minimum absolute atomic E-state index is 0.0137. The second-order valence-corrected chi connectivity index (χ2v) is 9.13. The van der Waals surface area contributed by atoms with Gasteiger partial charge in [0.1, 0.15) is 18.0 Å². The van der Waals surface area contributed by atoms with Crippen LogP contribution in [0.2, 0.25) is 0 Å². The van der Waals surface area contributed by atoms with Gasteiger partial charge in [0.15, 0.2) is 0 Å². The Kier molecular flexibility index (Phi) is 6.11. The Bertz CT molecular complexity index is 624. The van der Waals surface area contributed by atoms with Gasteiger partial charge in [0, 0.05) is 32.6 Å². The highest BCUT2D eigenvalue weighted by Gasteiger charge is 2.40. The highest BCUT2D eigenvalue weighted by molar-refractivity contribution is 5.73. The molecule has 1 N–H and O–H groups in total. The van der Waals surface area contributed by atoms with E-state index in [0.717, 1.165) is 25.1 Å². The van der Waals surface area contributed by atoms with Gasteiger partial charge in [-0.2, -0.15) is 0 Å². The van der Waals surface area contributed by atoms with Crippen molar-refractivity contribution in [3.63, 3.8) is 0 Å². The van der Waals surface area contributed by atoms with Crippen molar-refractivity contribution in [1.29, 1.82) is 0 Å². The molecule has 3 rings (SSSR count). The van der Waals surface area contributed by atoms with Gasteiger partial charge in [-0.3, -0.25) is 9.69 Å². The van der Waals surface area contributed by atoms with E-state index in [0.29, 0.717) is 31.1 Å². The summed E-state index contributed by atoms with van der Waals surface area (Å²) in [5.41, 5.74) is -0.647. The number of para-hydroxylation sites is 1. The largest absolute Gasteiger partial charge is 0.490 e. The molecule has 0 spiro atoms. The lowest BCUT2D eigenvalue weighted by atomic mass is 9.75. The van der Waals surface area contributed by atoms with Gasteiger partial charge >= 0.3 is 0 Å². The number of rotatable bonds is 4. The van der Waals surface area contributed by atoms with E-state index in [1.807, 2.05) is 30.3 Å². The lowest BCUT2D eigenvalue weighted by Crippen LogP contribution is -2.53. The molecule has 2 fully saturated rings. The molecule has 0 aromatic heterocycles. The predicted octanol–water partition coefficient (Wildman–Crippen LogP) is 2.93. The SMILES string of the molecule is CC(=O)N1CCN(C2CCC(C)(C)CC2)C[C@@](O)(COc2ccccc2)C1. The summed E-state index contributed by atoms with van der Waals surface area (Å²) in [5.74, 6) is 0.760. The first-order valence-corrected chi connectivity index (χ1v) is 10.2. The lowest BCUT2D eigenvalue weighted by molar-refractivity contribution is -0.132. The maximum Gasteiger partial charge on any atom is 0.219 e. The standard InChI is InChI=1S/C22H34N2O3/c1-18(25)23-13-14-24(19-9-11-21(2,3)12-10-19)16-22(26,15-23)17-27-20-7-5-4-6-8-20/h4-8,19,26H,9-17H2,1-3H3/t22-/m1/s1. The summed E-state index contributed by atoms with van der Waals surface area (Å²) in [6, 6.07) is 10.0. The summed E-state index contributed by atoms with van der Waals surface area (Å²) in [5, 5.41) is 11.4. The van der Waals surface area contributed by atoms with Crippen LogP contribution in [0.3, 0.4) is 0 Å². The summed E-state index contributed by atoms with van der Waals surface area (Å²) >= 11 is 0. The van der Waals surface area contributed by atoms with Crippen molar-refractivity contribution >= 4 is 5.91 Å². The van der Waals surface area contributed by atoms with Crippen molar-refractivity contribution in [3.8, 4) is 5.75 Å². The third-order valence-electron chi connectivity index (χ3n) is 6.16. The van der Waals surface area contributed by atoms with E-state index in [-0.39, 0.29) is 12.5 Å². The van der Waals surface area contributed by atoms with Crippen LogP contribution in [0.4, 0.5) is 0 Å². The quantitative estimate of drug-likeness (QED) is 0.880. The predicted molar refractivity (Wildman–Crippen MR) is 107 cm³/mol. The summed E-state index contributed by atoms with van der Waals surface area (Å²) in [6.45, 7) is 8.81. The third-order valence-corrected chi connectivity index (χ3v) is 6.16. The molecular formula is C22H34N2O3. The molecule has 1 atom stereocenters. The molecule has 1 amide bonds. The number of aliphatic hydroxyl groups is 1. The molecule has 1 aliphatic carbocycles. The van der Waals surface area contributed by atoms with Crippen molar-refractivity contribution in [2.45, 2.75) is 58.1 Å². The smallest absolute Gasteiger partial charge is 0.219 e. The zero-order valence-corrected chi connectivity index (χ0v) is 17.0. The second-order valence-electron chi connectivity index (χ2n) is 9.13.